The lowest BCUT2D eigenvalue weighted by Crippen LogP contribution is -2.38. The average molecular weight is 385 g/mol. The van der Waals surface area contributed by atoms with E-state index in [0.29, 0.717) is 6.10 Å². The number of guanidine groups is 1. The number of hydrogen-bond donors (Lipinski definition) is 2. The fraction of sp³-hybridized carbons (Fsp3) is 0.929. The van der Waals surface area contributed by atoms with Crippen molar-refractivity contribution in [2.75, 3.05) is 26.7 Å². The zero-order valence-electron chi connectivity index (χ0n) is 13.0. The van der Waals surface area contributed by atoms with Gasteiger partial charge in [-0.1, -0.05) is 26.2 Å². The summed E-state index contributed by atoms with van der Waals surface area (Å²) in [4.78, 5) is 4.19. The fourth-order valence-electron chi connectivity index (χ4n) is 1.58. The number of nitrogens with zero attached hydrogens (tertiary/aromatic N) is 1. The summed E-state index contributed by atoms with van der Waals surface area (Å²) in [6.07, 6.45) is 6.44. The molecule has 0 fully saturated rings. The van der Waals surface area contributed by atoms with Crippen molar-refractivity contribution in [1.82, 2.24) is 10.6 Å². The fourth-order valence-corrected chi connectivity index (χ4v) is 1.58. The molecule has 4 nitrogen and oxygen atoms in total. The van der Waals surface area contributed by atoms with Gasteiger partial charge in [-0.3, -0.25) is 4.99 Å². The Hall–Kier alpha value is -0.0400. The van der Waals surface area contributed by atoms with E-state index in [2.05, 4.69) is 36.4 Å². The van der Waals surface area contributed by atoms with Crippen LogP contribution in [-0.4, -0.2) is 38.8 Å². The van der Waals surface area contributed by atoms with Crippen molar-refractivity contribution < 1.29 is 4.74 Å². The van der Waals surface area contributed by atoms with Crippen LogP contribution in [0.1, 0.15) is 52.9 Å². The maximum atomic E-state index is 5.48. The van der Waals surface area contributed by atoms with E-state index in [1.54, 1.807) is 0 Å². The highest BCUT2D eigenvalue weighted by Crippen LogP contribution is 1.96. The zero-order valence-corrected chi connectivity index (χ0v) is 15.3. The standard InChI is InChI=1S/C14H31N3O.HI/c1-5-6-7-8-10-16-14(15-4)17-11-9-12-18-13(2)3;/h13H,5-12H2,1-4H3,(H2,15,16,17);1H. The highest BCUT2D eigenvalue weighted by Gasteiger charge is 1.97. The van der Waals surface area contributed by atoms with Gasteiger partial charge in [0.1, 0.15) is 0 Å². The van der Waals surface area contributed by atoms with E-state index in [0.717, 1.165) is 32.1 Å². The number of unbranched alkanes of at least 4 members (excludes halogenated alkanes) is 3. The van der Waals surface area contributed by atoms with Crippen molar-refractivity contribution in [3.05, 3.63) is 0 Å². The molecule has 5 heteroatoms. The molecule has 0 aliphatic carbocycles. The maximum Gasteiger partial charge on any atom is 0.190 e. The Balaban J connectivity index is 0. The summed E-state index contributed by atoms with van der Waals surface area (Å²) >= 11 is 0. The molecule has 0 atom stereocenters. The van der Waals surface area contributed by atoms with Crippen LogP contribution in [0.2, 0.25) is 0 Å². The Morgan fingerprint density at radius 1 is 1.05 bits per heavy atom. The summed E-state index contributed by atoms with van der Waals surface area (Å²) in [5, 5.41) is 6.62. The summed E-state index contributed by atoms with van der Waals surface area (Å²) in [5.74, 6) is 0.899. The van der Waals surface area contributed by atoms with E-state index in [4.69, 9.17) is 4.74 Å². The molecule has 0 heterocycles. The highest BCUT2D eigenvalue weighted by atomic mass is 127. The molecule has 0 aliphatic rings. The molecule has 0 bridgehead atoms. The van der Waals surface area contributed by atoms with Crippen LogP contribution in [0.25, 0.3) is 0 Å². The SMILES string of the molecule is CCCCCCNC(=NC)NCCCOC(C)C.I. The van der Waals surface area contributed by atoms with Crippen LogP contribution in [0, 0.1) is 0 Å². The van der Waals surface area contributed by atoms with E-state index in [-0.39, 0.29) is 24.0 Å². The molecule has 0 aromatic rings. The molecular formula is C14H32IN3O. The third-order valence-corrected chi connectivity index (χ3v) is 2.61. The summed E-state index contributed by atoms with van der Waals surface area (Å²) < 4.78 is 5.48. The Morgan fingerprint density at radius 3 is 2.21 bits per heavy atom. The van der Waals surface area contributed by atoms with E-state index >= 15 is 0 Å². The highest BCUT2D eigenvalue weighted by molar-refractivity contribution is 14.0. The van der Waals surface area contributed by atoms with Crippen LogP contribution in [0.3, 0.4) is 0 Å². The van der Waals surface area contributed by atoms with Crippen LogP contribution in [0.15, 0.2) is 4.99 Å². The van der Waals surface area contributed by atoms with Gasteiger partial charge in [0.15, 0.2) is 5.96 Å². The number of nitrogens with one attached hydrogen (secondary N) is 2. The van der Waals surface area contributed by atoms with Crippen molar-refractivity contribution in [3.63, 3.8) is 0 Å². The molecule has 116 valence electrons. The smallest absolute Gasteiger partial charge is 0.190 e. The van der Waals surface area contributed by atoms with Crippen molar-refractivity contribution in [2.24, 2.45) is 4.99 Å². The van der Waals surface area contributed by atoms with Gasteiger partial charge in [0.2, 0.25) is 0 Å². The van der Waals surface area contributed by atoms with Crippen molar-refractivity contribution in [1.29, 1.82) is 0 Å². The van der Waals surface area contributed by atoms with Crippen LogP contribution < -0.4 is 10.6 Å². The van der Waals surface area contributed by atoms with Crippen molar-refractivity contribution in [2.45, 2.75) is 59.0 Å². The van der Waals surface area contributed by atoms with E-state index in [1.807, 2.05) is 7.05 Å². The number of halogens is 1. The maximum absolute atomic E-state index is 5.48. The van der Waals surface area contributed by atoms with Gasteiger partial charge in [-0.25, -0.2) is 0 Å². The van der Waals surface area contributed by atoms with Crippen LogP contribution >= 0.6 is 24.0 Å². The normalized spacial score (nSPS) is 11.3. The largest absolute Gasteiger partial charge is 0.379 e. The second-order valence-corrected chi connectivity index (χ2v) is 4.76. The minimum atomic E-state index is 0. The minimum absolute atomic E-state index is 0. The molecule has 0 aromatic carbocycles. The van der Waals surface area contributed by atoms with Gasteiger partial charge < -0.3 is 15.4 Å². The van der Waals surface area contributed by atoms with E-state index in [9.17, 15) is 0 Å². The summed E-state index contributed by atoms with van der Waals surface area (Å²) in [6.45, 7) is 9.06. The first kappa shape index (κ1) is 21.3. The van der Waals surface area contributed by atoms with Gasteiger partial charge in [-0.15, -0.1) is 24.0 Å². The quantitative estimate of drug-likeness (QED) is 0.263. The molecule has 2 N–H and O–H groups in total. The van der Waals surface area contributed by atoms with Gasteiger partial charge in [-0.2, -0.15) is 0 Å². The van der Waals surface area contributed by atoms with Crippen LogP contribution in [0.5, 0.6) is 0 Å². The first-order valence-electron chi connectivity index (χ1n) is 7.26. The van der Waals surface area contributed by atoms with Crippen molar-refractivity contribution in [3.8, 4) is 0 Å². The van der Waals surface area contributed by atoms with Gasteiger partial charge in [-0.05, 0) is 26.7 Å². The first-order valence-corrected chi connectivity index (χ1v) is 7.26. The zero-order chi connectivity index (χ0) is 13.6. The molecule has 0 spiro atoms. The van der Waals surface area contributed by atoms with E-state index in [1.165, 1.54) is 25.7 Å². The monoisotopic (exact) mass is 385 g/mol. The average Bonchev–Trinajstić information content (AvgIpc) is 2.35. The van der Waals surface area contributed by atoms with Crippen molar-refractivity contribution >= 4 is 29.9 Å². The molecule has 19 heavy (non-hydrogen) atoms. The predicted molar refractivity (Wildman–Crippen MR) is 94.6 cm³/mol. The Kier molecular flexibility index (Phi) is 17.9. The first-order chi connectivity index (χ1) is 8.70. The van der Waals surface area contributed by atoms with Gasteiger partial charge >= 0.3 is 0 Å². The summed E-state index contributed by atoms with van der Waals surface area (Å²) in [6, 6.07) is 0. The van der Waals surface area contributed by atoms with Crippen LogP contribution in [0.4, 0.5) is 0 Å². The predicted octanol–water partition coefficient (Wildman–Crippen LogP) is 3.16. The lowest BCUT2D eigenvalue weighted by Gasteiger charge is -2.12. The molecule has 0 unspecified atom stereocenters. The Labute approximate surface area is 136 Å². The molecule has 0 radical (unpaired) electrons. The second kappa shape index (κ2) is 16.0. The Bertz CT molecular complexity index is 211. The summed E-state index contributed by atoms with van der Waals surface area (Å²) in [7, 11) is 1.81. The van der Waals surface area contributed by atoms with Gasteiger partial charge in [0.05, 0.1) is 6.10 Å². The van der Waals surface area contributed by atoms with E-state index < -0.39 is 0 Å². The number of hydrogen-bond acceptors (Lipinski definition) is 2. The minimum Gasteiger partial charge on any atom is -0.379 e. The van der Waals surface area contributed by atoms with Gasteiger partial charge in [0, 0.05) is 26.7 Å². The van der Waals surface area contributed by atoms with Gasteiger partial charge in [0.25, 0.3) is 0 Å². The molecular weight excluding hydrogens is 353 g/mol. The lowest BCUT2D eigenvalue weighted by atomic mass is 10.2. The number of rotatable bonds is 10. The topological polar surface area (TPSA) is 45.7 Å². The molecule has 0 saturated heterocycles. The molecule has 0 aromatic heterocycles. The molecule has 0 aliphatic heterocycles. The molecule has 0 amide bonds. The third kappa shape index (κ3) is 15.9. The number of ether oxygens (including phenoxy) is 1. The van der Waals surface area contributed by atoms with Crippen LogP contribution in [-0.2, 0) is 4.74 Å². The second-order valence-electron chi connectivity index (χ2n) is 4.76. The molecule has 0 rings (SSSR count). The summed E-state index contributed by atoms with van der Waals surface area (Å²) in [5.41, 5.74) is 0. The number of aliphatic imine (C=N–C) groups is 1. The third-order valence-electron chi connectivity index (χ3n) is 2.61. The Morgan fingerprint density at radius 2 is 1.68 bits per heavy atom. The molecule has 0 saturated carbocycles. The lowest BCUT2D eigenvalue weighted by molar-refractivity contribution is 0.0776.